The Morgan fingerprint density at radius 2 is 2.05 bits per heavy atom. The lowest BCUT2D eigenvalue weighted by molar-refractivity contribution is 0.0759. The van der Waals surface area contributed by atoms with Gasteiger partial charge in [0, 0.05) is 12.3 Å². The lowest BCUT2D eigenvalue weighted by Crippen LogP contribution is -2.33. The Bertz CT molecular complexity index is 625. The van der Waals surface area contributed by atoms with E-state index in [2.05, 4.69) is 0 Å². The monoisotopic (exact) mass is 298 g/mol. The van der Waals surface area contributed by atoms with Gasteiger partial charge < -0.3 is 10.5 Å². The number of anilines is 1. The quantitative estimate of drug-likeness (QED) is 0.649. The molecule has 0 aromatic heterocycles. The number of hydrogen-bond donors (Lipinski definition) is 1. The number of carbonyl (C=O) groups is 1. The van der Waals surface area contributed by atoms with Gasteiger partial charge in [0.1, 0.15) is 4.90 Å². The van der Waals surface area contributed by atoms with E-state index in [0.29, 0.717) is 18.2 Å². The summed E-state index contributed by atoms with van der Waals surface area (Å²) in [6.07, 6.45) is 0. The molecule has 0 saturated heterocycles. The first-order valence-electron chi connectivity index (χ1n) is 6.38. The Balaban J connectivity index is 2.15. The molecule has 0 radical (unpaired) electrons. The highest BCUT2D eigenvalue weighted by molar-refractivity contribution is 7.90. The lowest BCUT2D eigenvalue weighted by atomic mass is 10.2. The molecular formula is C13H18N2O4S. The molecule has 0 unspecified atom stereocenters. The van der Waals surface area contributed by atoms with E-state index in [4.69, 9.17) is 10.5 Å². The van der Waals surface area contributed by atoms with Crippen LogP contribution in [0.15, 0.2) is 23.1 Å². The second-order valence-corrected chi connectivity index (χ2v) is 6.94. The molecule has 1 aliphatic heterocycles. The second-order valence-electron chi connectivity index (χ2n) is 5.11. The zero-order chi connectivity index (χ0) is 14.9. The zero-order valence-electron chi connectivity index (χ0n) is 11.5. The molecule has 0 bridgehead atoms. The number of nitrogen functional groups attached to an aromatic ring is 1. The topological polar surface area (TPSA) is 89.7 Å². The van der Waals surface area contributed by atoms with Gasteiger partial charge in [-0.05, 0) is 24.1 Å². The molecule has 2 rings (SSSR count). The third kappa shape index (κ3) is 2.64. The Labute approximate surface area is 118 Å². The normalized spacial score (nSPS) is 16.8. The summed E-state index contributed by atoms with van der Waals surface area (Å²) in [7, 11) is -3.79. The van der Waals surface area contributed by atoms with Gasteiger partial charge in [0.2, 0.25) is 0 Å². The van der Waals surface area contributed by atoms with Gasteiger partial charge in [0.05, 0.1) is 18.7 Å². The van der Waals surface area contributed by atoms with E-state index in [1.165, 1.54) is 18.2 Å². The minimum absolute atomic E-state index is 0.0163. The third-order valence-corrected chi connectivity index (χ3v) is 4.74. The van der Waals surface area contributed by atoms with Crippen LogP contribution in [0.5, 0.6) is 0 Å². The molecule has 0 atom stereocenters. The van der Waals surface area contributed by atoms with Crippen molar-refractivity contribution in [1.29, 1.82) is 0 Å². The zero-order valence-corrected chi connectivity index (χ0v) is 12.3. The van der Waals surface area contributed by atoms with Gasteiger partial charge in [0.25, 0.3) is 15.9 Å². The summed E-state index contributed by atoms with van der Waals surface area (Å²) in [5, 5.41) is 0. The van der Waals surface area contributed by atoms with Gasteiger partial charge in [-0.15, -0.1) is 0 Å². The molecule has 1 aliphatic rings. The van der Waals surface area contributed by atoms with E-state index < -0.39 is 15.9 Å². The number of sulfonamides is 1. The number of nitrogens with two attached hydrogens (primary N) is 1. The maximum atomic E-state index is 12.3. The van der Waals surface area contributed by atoms with E-state index in [1.807, 2.05) is 13.8 Å². The average molecular weight is 298 g/mol. The van der Waals surface area contributed by atoms with E-state index in [-0.39, 0.29) is 23.6 Å². The molecule has 1 amide bonds. The molecule has 0 aliphatic carbocycles. The highest BCUT2D eigenvalue weighted by Crippen LogP contribution is 2.31. The molecule has 1 heterocycles. The number of hydrogen-bond acceptors (Lipinski definition) is 5. The summed E-state index contributed by atoms with van der Waals surface area (Å²) < 4.78 is 30.7. The first-order chi connectivity index (χ1) is 9.34. The molecular weight excluding hydrogens is 280 g/mol. The Kier molecular flexibility index (Phi) is 4.01. The minimum atomic E-state index is -3.79. The van der Waals surface area contributed by atoms with Crippen molar-refractivity contribution in [3.63, 3.8) is 0 Å². The first kappa shape index (κ1) is 14.8. The fourth-order valence-electron chi connectivity index (χ4n) is 1.98. The predicted octanol–water partition coefficient (Wildman–Crippen LogP) is 1.09. The molecule has 6 nitrogen and oxygen atoms in total. The molecule has 110 valence electrons. The highest BCUT2D eigenvalue weighted by Gasteiger charge is 2.40. The minimum Gasteiger partial charge on any atom is -0.399 e. The number of carbonyl (C=O) groups excluding carboxylic acids is 1. The SMILES string of the molecule is CC(C)COCCN1C(=O)c2ccc(N)cc2S1(=O)=O. The van der Waals surface area contributed by atoms with Gasteiger partial charge in [-0.25, -0.2) is 12.7 Å². The third-order valence-electron chi connectivity index (χ3n) is 2.92. The summed E-state index contributed by atoms with van der Waals surface area (Å²) in [5.41, 5.74) is 6.07. The lowest BCUT2D eigenvalue weighted by Gasteiger charge is -2.15. The summed E-state index contributed by atoms with van der Waals surface area (Å²) in [6, 6.07) is 4.28. The van der Waals surface area contributed by atoms with Gasteiger partial charge in [0.15, 0.2) is 0 Å². The van der Waals surface area contributed by atoms with Gasteiger partial charge in [-0.1, -0.05) is 13.8 Å². The highest BCUT2D eigenvalue weighted by atomic mass is 32.2. The van der Waals surface area contributed by atoms with Crippen molar-refractivity contribution in [1.82, 2.24) is 4.31 Å². The van der Waals surface area contributed by atoms with Gasteiger partial charge >= 0.3 is 0 Å². The van der Waals surface area contributed by atoms with Crippen molar-refractivity contribution in [2.45, 2.75) is 18.7 Å². The first-order valence-corrected chi connectivity index (χ1v) is 7.82. The van der Waals surface area contributed by atoms with Crippen molar-refractivity contribution in [3.8, 4) is 0 Å². The van der Waals surface area contributed by atoms with Crippen LogP contribution >= 0.6 is 0 Å². The smallest absolute Gasteiger partial charge is 0.269 e. The Morgan fingerprint density at radius 1 is 1.35 bits per heavy atom. The van der Waals surface area contributed by atoms with E-state index in [1.54, 1.807) is 0 Å². The van der Waals surface area contributed by atoms with Crippen LogP contribution in [0.3, 0.4) is 0 Å². The number of fused-ring (bicyclic) bond motifs is 1. The van der Waals surface area contributed by atoms with Crippen LogP contribution in [0.2, 0.25) is 0 Å². The van der Waals surface area contributed by atoms with Gasteiger partial charge in [-0.2, -0.15) is 0 Å². The van der Waals surface area contributed by atoms with Crippen LogP contribution < -0.4 is 5.73 Å². The number of rotatable bonds is 5. The number of amides is 1. The summed E-state index contributed by atoms with van der Waals surface area (Å²) in [5.74, 6) is -0.161. The van der Waals surface area contributed by atoms with Crippen molar-refractivity contribution in [2.75, 3.05) is 25.5 Å². The molecule has 2 N–H and O–H groups in total. The maximum absolute atomic E-state index is 12.3. The van der Waals surface area contributed by atoms with Crippen LogP contribution in [0, 0.1) is 5.92 Å². The molecule has 7 heteroatoms. The van der Waals surface area contributed by atoms with Crippen LogP contribution in [0.4, 0.5) is 5.69 Å². The standard InChI is InChI=1S/C13H18N2O4S/c1-9(2)8-19-6-5-15-13(16)11-4-3-10(14)7-12(11)20(15,17)18/h3-4,7,9H,5-6,8,14H2,1-2H3. The number of nitrogens with zero attached hydrogens (tertiary/aromatic N) is 1. The van der Waals surface area contributed by atoms with E-state index in [0.717, 1.165) is 4.31 Å². The summed E-state index contributed by atoms with van der Waals surface area (Å²) in [6.45, 7) is 4.73. The number of benzene rings is 1. The van der Waals surface area contributed by atoms with Crippen LogP contribution in [-0.4, -0.2) is 38.4 Å². The molecule has 0 fully saturated rings. The van der Waals surface area contributed by atoms with Crippen LogP contribution in [-0.2, 0) is 14.8 Å². The van der Waals surface area contributed by atoms with E-state index in [9.17, 15) is 13.2 Å². The van der Waals surface area contributed by atoms with E-state index >= 15 is 0 Å². The van der Waals surface area contributed by atoms with Crippen molar-refractivity contribution in [2.24, 2.45) is 5.92 Å². The molecule has 20 heavy (non-hydrogen) atoms. The molecule has 1 aromatic rings. The van der Waals surface area contributed by atoms with Crippen LogP contribution in [0.1, 0.15) is 24.2 Å². The predicted molar refractivity (Wildman–Crippen MR) is 74.7 cm³/mol. The van der Waals surface area contributed by atoms with Gasteiger partial charge in [-0.3, -0.25) is 4.79 Å². The second kappa shape index (κ2) is 5.41. The Hall–Kier alpha value is -1.60. The maximum Gasteiger partial charge on any atom is 0.269 e. The summed E-state index contributed by atoms with van der Waals surface area (Å²) >= 11 is 0. The largest absolute Gasteiger partial charge is 0.399 e. The fraction of sp³-hybridized carbons (Fsp3) is 0.462. The average Bonchev–Trinajstić information content (AvgIpc) is 2.54. The Morgan fingerprint density at radius 3 is 2.70 bits per heavy atom. The fourth-order valence-corrected chi connectivity index (χ4v) is 3.57. The summed E-state index contributed by atoms with van der Waals surface area (Å²) in [4.78, 5) is 12.1. The number of ether oxygens (including phenoxy) is 1. The van der Waals surface area contributed by atoms with Crippen molar-refractivity contribution < 1.29 is 17.9 Å². The van der Waals surface area contributed by atoms with Crippen molar-refractivity contribution in [3.05, 3.63) is 23.8 Å². The molecule has 1 aromatic carbocycles. The molecule has 0 saturated carbocycles. The van der Waals surface area contributed by atoms with Crippen molar-refractivity contribution >= 4 is 21.6 Å². The molecule has 0 spiro atoms. The van der Waals surface area contributed by atoms with Crippen LogP contribution in [0.25, 0.3) is 0 Å².